The topological polar surface area (TPSA) is 35.2 Å². The van der Waals surface area contributed by atoms with Crippen LogP contribution < -0.4 is 5.73 Å². The van der Waals surface area contributed by atoms with E-state index in [2.05, 4.69) is 11.8 Å². The summed E-state index contributed by atoms with van der Waals surface area (Å²) in [5.41, 5.74) is 7.78. The predicted molar refractivity (Wildman–Crippen MR) is 77.3 cm³/mol. The van der Waals surface area contributed by atoms with Crippen LogP contribution in [0.1, 0.15) is 16.7 Å². The third-order valence-electron chi connectivity index (χ3n) is 2.67. The molecule has 20 heavy (non-hydrogen) atoms. The molecule has 0 fully saturated rings. The third kappa shape index (κ3) is 4.51. The SMILES string of the molecule is NCC#Cc1cc(F)cc(COCc2ccccc2)c1. The Labute approximate surface area is 118 Å². The van der Waals surface area contributed by atoms with Crippen molar-refractivity contribution in [3.63, 3.8) is 0 Å². The quantitative estimate of drug-likeness (QED) is 0.866. The standard InChI is InChI=1S/C17H16FNO/c18-17-10-15(7-4-8-19)9-16(11-17)13-20-12-14-5-2-1-3-6-14/h1-3,5-6,9-11H,8,12-13,19H2. The van der Waals surface area contributed by atoms with E-state index in [4.69, 9.17) is 10.5 Å². The van der Waals surface area contributed by atoms with Crippen molar-refractivity contribution in [3.05, 3.63) is 71.0 Å². The summed E-state index contributed by atoms with van der Waals surface area (Å²) in [6, 6.07) is 14.5. The summed E-state index contributed by atoms with van der Waals surface area (Å²) in [6.45, 7) is 1.11. The van der Waals surface area contributed by atoms with Crippen LogP contribution in [0.4, 0.5) is 4.39 Å². The molecule has 2 aromatic rings. The minimum absolute atomic E-state index is 0.260. The van der Waals surface area contributed by atoms with Crippen molar-refractivity contribution in [2.45, 2.75) is 13.2 Å². The monoisotopic (exact) mass is 269 g/mol. The fraction of sp³-hybridized carbons (Fsp3) is 0.176. The fourth-order valence-electron chi connectivity index (χ4n) is 1.82. The van der Waals surface area contributed by atoms with Crippen molar-refractivity contribution in [1.29, 1.82) is 0 Å². The molecule has 2 N–H and O–H groups in total. The van der Waals surface area contributed by atoms with Crippen molar-refractivity contribution in [3.8, 4) is 11.8 Å². The summed E-state index contributed by atoms with van der Waals surface area (Å²) in [5, 5.41) is 0. The van der Waals surface area contributed by atoms with Gasteiger partial charge in [-0.25, -0.2) is 4.39 Å². The molecule has 0 saturated heterocycles. The summed E-state index contributed by atoms with van der Waals surface area (Å²) >= 11 is 0. The lowest BCUT2D eigenvalue weighted by Gasteiger charge is -2.05. The maximum Gasteiger partial charge on any atom is 0.124 e. The highest BCUT2D eigenvalue weighted by atomic mass is 19.1. The summed E-state index contributed by atoms with van der Waals surface area (Å²) in [4.78, 5) is 0. The van der Waals surface area contributed by atoms with E-state index < -0.39 is 0 Å². The van der Waals surface area contributed by atoms with E-state index in [-0.39, 0.29) is 12.4 Å². The lowest BCUT2D eigenvalue weighted by Crippen LogP contribution is -1.96. The number of halogens is 1. The van der Waals surface area contributed by atoms with Gasteiger partial charge in [-0.2, -0.15) is 0 Å². The summed E-state index contributed by atoms with van der Waals surface area (Å²) in [5.74, 6) is 5.22. The molecule has 0 spiro atoms. The van der Waals surface area contributed by atoms with E-state index in [0.717, 1.165) is 11.1 Å². The van der Waals surface area contributed by atoms with Crippen molar-refractivity contribution >= 4 is 0 Å². The molecule has 0 saturated carbocycles. The van der Waals surface area contributed by atoms with Crippen LogP contribution in [0, 0.1) is 17.7 Å². The van der Waals surface area contributed by atoms with Gasteiger partial charge in [0.25, 0.3) is 0 Å². The second kappa shape index (κ2) is 7.44. The molecule has 0 aromatic heterocycles. The average Bonchev–Trinajstić information content (AvgIpc) is 2.46. The van der Waals surface area contributed by atoms with Crippen molar-refractivity contribution in [1.82, 2.24) is 0 Å². The van der Waals surface area contributed by atoms with Crippen LogP contribution in [0.25, 0.3) is 0 Å². The van der Waals surface area contributed by atoms with Crippen LogP contribution in [0.15, 0.2) is 48.5 Å². The first-order valence-corrected chi connectivity index (χ1v) is 6.38. The van der Waals surface area contributed by atoms with Gasteiger partial charge >= 0.3 is 0 Å². The Morgan fingerprint density at radius 2 is 1.75 bits per heavy atom. The normalized spacial score (nSPS) is 9.90. The minimum Gasteiger partial charge on any atom is -0.372 e. The van der Waals surface area contributed by atoms with Crippen LogP contribution in [0.3, 0.4) is 0 Å². The Morgan fingerprint density at radius 3 is 2.50 bits per heavy atom. The molecule has 2 nitrogen and oxygen atoms in total. The van der Waals surface area contributed by atoms with Gasteiger partial charge in [-0.1, -0.05) is 42.2 Å². The first-order valence-electron chi connectivity index (χ1n) is 6.38. The molecular formula is C17H16FNO. The first-order chi connectivity index (χ1) is 9.78. The van der Waals surface area contributed by atoms with Gasteiger partial charge in [0.15, 0.2) is 0 Å². The molecule has 0 radical (unpaired) electrons. The van der Waals surface area contributed by atoms with Gasteiger partial charge < -0.3 is 10.5 Å². The number of nitrogens with two attached hydrogens (primary N) is 1. The first kappa shape index (κ1) is 14.3. The smallest absolute Gasteiger partial charge is 0.124 e. The highest BCUT2D eigenvalue weighted by molar-refractivity contribution is 5.37. The summed E-state index contributed by atoms with van der Waals surface area (Å²) < 4.78 is 19.0. The third-order valence-corrected chi connectivity index (χ3v) is 2.67. The lowest BCUT2D eigenvalue weighted by molar-refractivity contribution is 0.107. The van der Waals surface area contributed by atoms with Crippen molar-refractivity contribution < 1.29 is 9.13 Å². The molecule has 0 aliphatic rings. The van der Waals surface area contributed by atoms with Crippen LogP contribution in [0.5, 0.6) is 0 Å². The van der Waals surface area contributed by atoms with Gasteiger partial charge in [0.2, 0.25) is 0 Å². The molecule has 0 unspecified atom stereocenters. The number of benzene rings is 2. The van der Waals surface area contributed by atoms with Gasteiger partial charge in [-0.05, 0) is 29.3 Å². The van der Waals surface area contributed by atoms with E-state index in [1.807, 2.05) is 36.4 Å². The highest BCUT2D eigenvalue weighted by Crippen LogP contribution is 2.11. The molecule has 0 aliphatic carbocycles. The fourth-order valence-corrected chi connectivity index (χ4v) is 1.82. The van der Waals surface area contributed by atoms with Crippen molar-refractivity contribution in [2.24, 2.45) is 5.73 Å². The van der Waals surface area contributed by atoms with Gasteiger partial charge in [0, 0.05) is 5.56 Å². The molecular weight excluding hydrogens is 253 g/mol. The Morgan fingerprint density at radius 1 is 1.00 bits per heavy atom. The molecule has 2 rings (SSSR count). The van der Waals surface area contributed by atoms with Gasteiger partial charge in [-0.3, -0.25) is 0 Å². The molecule has 0 aliphatic heterocycles. The van der Waals surface area contributed by atoms with Crippen LogP contribution in [-0.4, -0.2) is 6.54 Å². The Bertz CT molecular complexity index is 614. The second-order valence-electron chi connectivity index (χ2n) is 4.33. The lowest BCUT2D eigenvalue weighted by atomic mass is 10.1. The number of rotatable bonds is 4. The molecule has 0 heterocycles. The summed E-state index contributed by atoms with van der Waals surface area (Å²) in [6.07, 6.45) is 0. The molecule has 0 amide bonds. The summed E-state index contributed by atoms with van der Waals surface area (Å²) in [7, 11) is 0. The van der Waals surface area contributed by atoms with Gasteiger partial charge in [0.1, 0.15) is 5.82 Å². The van der Waals surface area contributed by atoms with E-state index in [1.165, 1.54) is 12.1 Å². The molecule has 2 aromatic carbocycles. The van der Waals surface area contributed by atoms with E-state index >= 15 is 0 Å². The van der Waals surface area contributed by atoms with Crippen LogP contribution >= 0.6 is 0 Å². The predicted octanol–water partition coefficient (Wildman–Crippen LogP) is 2.85. The molecule has 3 heteroatoms. The van der Waals surface area contributed by atoms with E-state index in [1.54, 1.807) is 0 Å². The highest BCUT2D eigenvalue weighted by Gasteiger charge is 2.00. The Kier molecular flexibility index (Phi) is 5.31. The average molecular weight is 269 g/mol. The molecule has 102 valence electrons. The number of hydrogen-bond donors (Lipinski definition) is 1. The largest absolute Gasteiger partial charge is 0.372 e. The maximum absolute atomic E-state index is 13.5. The number of hydrogen-bond acceptors (Lipinski definition) is 2. The minimum atomic E-state index is -0.313. The van der Waals surface area contributed by atoms with E-state index in [0.29, 0.717) is 18.8 Å². The Hall–Kier alpha value is -2.15. The molecule has 0 atom stereocenters. The van der Waals surface area contributed by atoms with E-state index in [9.17, 15) is 4.39 Å². The molecule has 0 bridgehead atoms. The van der Waals surface area contributed by atoms with Gasteiger partial charge in [-0.15, -0.1) is 0 Å². The number of ether oxygens (including phenoxy) is 1. The Balaban J connectivity index is 1.97. The zero-order chi connectivity index (χ0) is 14.2. The van der Waals surface area contributed by atoms with Gasteiger partial charge in [0.05, 0.1) is 19.8 Å². The second-order valence-corrected chi connectivity index (χ2v) is 4.33. The zero-order valence-corrected chi connectivity index (χ0v) is 11.1. The maximum atomic E-state index is 13.5. The van der Waals surface area contributed by atoms with Crippen LogP contribution in [-0.2, 0) is 18.0 Å². The van der Waals surface area contributed by atoms with Crippen LogP contribution in [0.2, 0.25) is 0 Å². The zero-order valence-electron chi connectivity index (χ0n) is 11.1. The van der Waals surface area contributed by atoms with Crippen molar-refractivity contribution in [2.75, 3.05) is 6.54 Å².